The third-order valence-corrected chi connectivity index (χ3v) is 4.58. The highest BCUT2D eigenvalue weighted by Crippen LogP contribution is 2.24. The first-order valence-electron chi connectivity index (χ1n) is 9.02. The van der Waals surface area contributed by atoms with Gasteiger partial charge in [-0.05, 0) is 48.9 Å². The van der Waals surface area contributed by atoms with Crippen LogP contribution in [0.2, 0.25) is 0 Å². The number of rotatable bonds is 6. The Morgan fingerprint density at radius 3 is 2.38 bits per heavy atom. The van der Waals surface area contributed by atoms with Gasteiger partial charge in [0.2, 0.25) is 0 Å². The molecule has 3 nitrogen and oxygen atoms in total. The number of benzene rings is 1. The molecule has 0 saturated carbocycles. The molecule has 2 heterocycles. The zero-order chi connectivity index (χ0) is 16.8. The normalized spacial score (nSPS) is 14.5. The molecule has 1 aromatic heterocycles. The Hall–Kier alpha value is -2.29. The van der Waals surface area contributed by atoms with Gasteiger partial charge >= 0.3 is 0 Å². The second-order valence-electron chi connectivity index (χ2n) is 6.44. The summed E-state index contributed by atoms with van der Waals surface area (Å²) in [6.45, 7) is 9.48. The number of pyridine rings is 1. The molecular formula is C21H27N3. The Morgan fingerprint density at radius 2 is 1.75 bits per heavy atom. The fourth-order valence-electron chi connectivity index (χ4n) is 3.11. The summed E-state index contributed by atoms with van der Waals surface area (Å²) in [7, 11) is 0. The topological polar surface area (TPSA) is 28.2 Å². The van der Waals surface area contributed by atoms with Crippen molar-refractivity contribution in [3.63, 3.8) is 0 Å². The van der Waals surface area contributed by atoms with E-state index in [4.69, 9.17) is 0 Å². The number of anilines is 1. The molecule has 0 atom stereocenters. The maximum absolute atomic E-state index is 4.67. The lowest BCUT2D eigenvalue weighted by atomic mass is 10.0. The van der Waals surface area contributed by atoms with Gasteiger partial charge in [-0.2, -0.15) is 0 Å². The van der Waals surface area contributed by atoms with Crippen LogP contribution in [0.15, 0.2) is 49.2 Å². The van der Waals surface area contributed by atoms with E-state index >= 15 is 0 Å². The molecule has 126 valence electrons. The smallest absolute Gasteiger partial charge is 0.128 e. The molecule has 1 aromatic carbocycles. The van der Waals surface area contributed by atoms with Crippen molar-refractivity contribution in [3.05, 3.63) is 54.7 Å². The van der Waals surface area contributed by atoms with Crippen LogP contribution in [0.25, 0.3) is 16.8 Å². The van der Waals surface area contributed by atoms with Crippen molar-refractivity contribution in [2.45, 2.75) is 32.6 Å². The molecule has 1 N–H and O–H groups in total. The molecule has 24 heavy (non-hydrogen) atoms. The lowest BCUT2D eigenvalue weighted by Crippen LogP contribution is -2.29. The van der Waals surface area contributed by atoms with Crippen molar-refractivity contribution in [2.24, 2.45) is 0 Å². The lowest BCUT2D eigenvalue weighted by Gasteiger charge is -2.27. The highest BCUT2D eigenvalue weighted by atomic mass is 15.2. The summed E-state index contributed by atoms with van der Waals surface area (Å²) in [6.07, 6.45) is 7.00. The van der Waals surface area contributed by atoms with Gasteiger partial charge in [0.1, 0.15) is 5.82 Å². The molecule has 1 saturated heterocycles. The standard InChI is InChI=1S/C21H27N3/c1-3-13-22-17(2)18-7-9-19(10-8-18)20-11-12-21(23-16-20)24-14-5-4-6-15-24/h7-12,16,22H,2-6,13-15H2,1H3. The molecule has 0 bridgehead atoms. The number of nitrogens with one attached hydrogen (secondary N) is 1. The monoisotopic (exact) mass is 321 g/mol. The minimum atomic E-state index is 0.961. The zero-order valence-electron chi connectivity index (χ0n) is 14.6. The Bertz CT molecular complexity index is 652. The van der Waals surface area contributed by atoms with Crippen LogP contribution in [-0.4, -0.2) is 24.6 Å². The van der Waals surface area contributed by atoms with E-state index in [9.17, 15) is 0 Å². The van der Waals surface area contributed by atoms with E-state index in [-0.39, 0.29) is 0 Å². The molecule has 0 radical (unpaired) electrons. The Kier molecular flexibility index (Phi) is 5.52. The zero-order valence-corrected chi connectivity index (χ0v) is 14.6. The van der Waals surface area contributed by atoms with E-state index in [1.165, 1.54) is 24.8 Å². The van der Waals surface area contributed by atoms with Crippen LogP contribution in [0, 0.1) is 0 Å². The summed E-state index contributed by atoms with van der Waals surface area (Å²) >= 11 is 0. The van der Waals surface area contributed by atoms with Crippen molar-refractivity contribution >= 4 is 11.5 Å². The van der Waals surface area contributed by atoms with Crippen molar-refractivity contribution < 1.29 is 0 Å². The SMILES string of the molecule is C=C(NCCC)c1ccc(-c2ccc(N3CCCCC3)nc2)cc1. The van der Waals surface area contributed by atoms with E-state index in [0.717, 1.165) is 48.7 Å². The highest BCUT2D eigenvalue weighted by Gasteiger charge is 2.11. The van der Waals surface area contributed by atoms with Crippen LogP contribution in [-0.2, 0) is 0 Å². The Morgan fingerprint density at radius 1 is 1.04 bits per heavy atom. The fraction of sp³-hybridized carbons (Fsp3) is 0.381. The molecular weight excluding hydrogens is 294 g/mol. The summed E-state index contributed by atoms with van der Waals surface area (Å²) in [5.41, 5.74) is 4.49. The van der Waals surface area contributed by atoms with Crippen molar-refractivity contribution in [3.8, 4) is 11.1 Å². The van der Waals surface area contributed by atoms with Crippen molar-refractivity contribution in [2.75, 3.05) is 24.5 Å². The molecule has 3 heteroatoms. The predicted octanol–water partition coefficient (Wildman–Crippen LogP) is 4.71. The van der Waals surface area contributed by atoms with Crippen LogP contribution in [0.5, 0.6) is 0 Å². The first kappa shape index (κ1) is 16.6. The molecule has 3 rings (SSSR count). The van der Waals surface area contributed by atoms with Crippen LogP contribution in [0.3, 0.4) is 0 Å². The van der Waals surface area contributed by atoms with Crippen molar-refractivity contribution in [1.82, 2.24) is 10.3 Å². The van der Waals surface area contributed by atoms with Crippen molar-refractivity contribution in [1.29, 1.82) is 0 Å². The van der Waals surface area contributed by atoms with E-state index in [1.54, 1.807) is 0 Å². The average molecular weight is 321 g/mol. The van der Waals surface area contributed by atoms with Gasteiger partial charge in [-0.15, -0.1) is 0 Å². The highest BCUT2D eigenvalue weighted by molar-refractivity contribution is 5.69. The van der Waals surface area contributed by atoms with Gasteiger partial charge in [-0.25, -0.2) is 4.98 Å². The number of hydrogen-bond acceptors (Lipinski definition) is 3. The second-order valence-corrected chi connectivity index (χ2v) is 6.44. The Balaban J connectivity index is 1.68. The van der Waals surface area contributed by atoms with Gasteiger partial charge in [0.15, 0.2) is 0 Å². The first-order valence-corrected chi connectivity index (χ1v) is 9.02. The van der Waals surface area contributed by atoms with E-state index in [0.29, 0.717) is 0 Å². The largest absolute Gasteiger partial charge is 0.385 e. The van der Waals surface area contributed by atoms with Gasteiger partial charge in [0, 0.05) is 37.1 Å². The quantitative estimate of drug-likeness (QED) is 0.835. The van der Waals surface area contributed by atoms with Gasteiger partial charge in [-0.3, -0.25) is 0 Å². The minimum Gasteiger partial charge on any atom is -0.385 e. The molecule has 0 amide bonds. The fourth-order valence-corrected chi connectivity index (χ4v) is 3.11. The second kappa shape index (κ2) is 8.00. The van der Waals surface area contributed by atoms with Crippen LogP contribution in [0.4, 0.5) is 5.82 Å². The molecule has 0 spiro atoms. The molecule has 1 fully saturated rings. The van der Waals surface area contributed by atoms with Gasteiger partial charge in [0.05, 0.1) is 0 Å². The molecule has 1 aliphatic heterocycles. The van der Waals surface area contributed by atoms with Crippen LogP contribution < -0.4 is 10.2 Å². The maximum Gasteiger partial charge on any atom is 0.128 e. The van der Waals surface area contributed by atoms with Crippen LogP contribution >= 0.6 is 0 Å². The van der Waals surface area contributed by atoms with E-state index in [2.05, 4.69) is 65.1 Å². The third-order valence-electron chi connectivity index (χ3n) is 4.58. The van der Waals surface area contributed by atoms with Gasteiger partial charge < -0.3 is 10.2 Å². The molecule has 1 aliphatic rings. The molecule has 2 aromatic rings. The predicted molar refractivity (Wildman–Crippen MR) is 103 cm³/mol. The number of nitrogens with zero attached hydrogens (tertiary/aromatic N) is 2. The molecule has 0 unspecified atom stereocenters. The summed E-state index contributed by atoms with van der Waals surface area (Å²) in [5, 5.41) is 3.34. The summed E-state index contributed by atoms with van der Waals surface area (Å²) in [5.74, 6) is 1.10. The number of piperidine rings is 1. The Labute approximate surface area is 145 Å². The summed E-state index contributed by atoms with van der Waals surface area (Å²) in [4.78, 5) is 7.06. The van der Waals surface area contributed by atoms with E-state index < -0.39 is 0 Å². The molecule has 0 aliphatic carbocycles. The third kappa shape index (κ3) is 3.97. The summed E-state index contributed by atoms with van der Waals surface area (Å²) < 4.78 is 0. The first-order chi connectivity index (χ1) is 11.8. The van der Waals surface area contributed by atoms with Gasteiger partial charge in [0.25, 0.3) is 0 Å². The number of aromatic nitrogens is 1. The summed E-state index contributed by atoms with van der Waals surface area (Å²) in [6, 6.07) is 12.9. The maximum atomic E-state index is 4.67. The minimum absolute atomic E-state index is 0.961. The van der Waals surface area contributed by atoms with Gasteiger partial charge in [-0.1, -0.05) is 37.8 Å². The van der Waals surface area contributed by atoms with Crippen LogP contribution in [0.1, 0.15) is 38.2 Å². The average Bonchev–Trinajstić information content (AvgIpc) is 2.67. The lowest BCUT2D eigenvalue weighted by molar-refractivity contribution is 0.573. The van der Waals surface area contributed by atoms with E-state index in [1.807, 2.05) is 6.20 Å². The number of hydrogen-bond donors (Lipinski definition) is 1.